The normalized spacial score (nSPS) is 10.8. The number of H-pyrrole nitrogens is 1. The molecule has 0 radical (unpaired) electrons. The van der Waals surface area contributed by atoms with Gasteiger partial charge in [0.2, 0.25) is 0 Å². The topological polar surface area (TPSA) is 133 Å². The number of carboxylic acid groups (broad SMARTS) is 1. The summed E-state index contributed by atoms with van der Waals surface area (Å²) in [5.74, 6) is -2.91. The van der Waals surface area contributed by atoms with E-state index in [0.717, 1.165) is 29.8 Å². The minimum Gasteiger partial charge on any atom is -0.475 e. The van der Waals surface area contributed by atoms with Crippen LogP contribution in [0, 0.1) is 0 Å². The third-order valence-electron chi connectivity index (χ3n) is 3.76. The van der Waals surface area contributed by atoms with E-state index in [9.17, 15) is 18.0 Å². The first kappa shape index (κ1) is 23.6. The number of alkyl halides is 3. The summed E-state index contributed by atoms with van der Waals surface area (Å²) in [6, 6.07) is 11.5. The average molecular weight is 439 g/mol. The molecule has 4 N–H and O–H groups in total. The van der Waals surface area contributed by atoms with E-state index in [2.05, 4.69) is 26.0 Å². The van der Waals surface area contributed by atoms with Gasteiger partial charge in [0.05, 0.1) is 11.9 Å². The van der Waals surface area contributed by atoms with Crippen molar-refractivity contribution in [3.8, 4) is 11.3 Å². The highest BCUT2D eigenvalue weighted by Gasteiger charge is 2.38. The first-order valence-electron chi connectivity index (χ1n) is 9.05. The molecule has 1 amide bonds. The summed E-state index contributed by atoms with van der Waals surface area (Å²) in [4.78, 5) is 21.0. The average Bonchev–Trinajstić information content (AvgIpc) is 3.43. The van der Waals surface area contributed by atoms with E-state index in [1.807, 2.05) is 30.3 Å². The van der Waals surface area contributed by atoms with Gasteiger partial charge in [-0.3, -0.25) is 9.89 Å². The lowest BCUT2D eigenvalue weighted by Crippen LogP contribution is -2.27. The van der Waals surface area contributed by atoms with E-state index in [1.54, 1.807) is 18.5 Å². The number of amides is 1. The number of hydrogen-bond donors (Lipinski definition) is 4. The van der Waals surface area contributed by atoms with Crippen molar-refractivity contribution in [1.29, 1.82) is 0 Å². The molecule has 2 aromatic heterocycles. The molecular formula is C19H20F3N5O4. The molecule has 1 aromatic carbocycles. The number of aromatic amines is 1. The number of rotatable bonds is 8. The first-order valence-corrected chi connectivity index (χ1v) is 9.05. The Morgan fingerprint density at radius 3 is 2.48 bits per heavy atom. The molecule has 0 spiro atoms. The lowest BCUT2D eigenvalue weighted by molar-refractivity contribution is -0.192. The Kier molecular flexibility index (Phi) is 8.76. The fourth-order valence-corrected chi connectivity index (χ4v) is 2.25. The third-order valence-corrected chi connectivity index (χ3v) is 3.76. The number of nitrogens with zero attached hydrogens (tertiary/aromatic N) is 2. The van der Waals surface area contributed by atoms with Gasteiger partial charge in [-0.25, -0.2) is 4.79 Å². The monoisotopic (exact) mass is 439 g/mol. The zero-order chi connectivity index (χ0) is 22.7. The molecule has 0 aliphatic heterocycles. The third kappa shape index (κ3) is 8.30. The number of hydrogen-bond acceptors (Lipinski definition) is 6. The molecule has 9 nitrogen and oxygen atoms in total. The predicted octanol–water partition coefficient (Wildman–Crippen LogP) is 2.61. The highest BCUT2D eigenvalue weighted by molar-refractivity contribution is 5.93. The Bertz CT molecular complexity index is 943. The molecule has 12 heteroatoms. The molecule has 31 heavy (non-hydrogen) atoms. The van der Waals surface area contributed by atoms with E-state index < -0.39 is 12.1 Å². The summed E-state index contributed by atoms with van der Waals surface area (Å²) in [6.45, 7) is 2.09. The molecule has 0 saturated carbocycles. The Labute approximate surface area is 174 Å². The number of carbonyl (C=O) groups excluding carboxylic acids is 1. The van der Waals surface area contributed by atoms with Crippen molar-refractivity contribution < 1.29 is 32.4 Å². The number of nitrogens with one attached hydrogen (secondary N) is 3. The van der Waals surface area contributed by atoms with Crippen molar-refractivity contribution in [2.24, 2.45) is 0 Å². The minimum absolute atomic E-state index is 0.149. The second-order valence-electron chi connectivity index (χ2n) is 6.15. The zero-order valence-corrected chi connectivity index (χ0v) is 16.1. The van der Waals surface area contributed by atoms with E-state index in [1.165, 1.54) is 0 Å². The smallest absolute Gasteiger partial charge is 0.475 e. The standard InChI is InChI=1S/C17H19N5O2.C2HF3O2/c23-17(19-8-4-7-18-10-13-11-20-24-12-13)16-9-15(21-22-16)14-5-2-1-3-6-14;3-2(4,5)1(6)7/h1-3,5-6,9,11-12,18H,4,7-8,10H2,(H,19,23)(H,21,22);(H,6,7). The largest absolute Gasteiger partial charge is 0.490 e. The van der Waals surface area contributed by atoms with Crippen LogP contribution in [0.25, 0.3) is 11.3 Å². The summed E-state index contributed by atoms with van der Waals surface area (Å²) in [5.41, 5.74) is 3.21. The van der Waals surface area contributed by atoms with E-state index in [0.29, 0.717) is 18.8 Å². The van der Waals surface area contributed by atoms with Crippen LogP contribution < -0.4 is 10.6 Å². The number of halogens is 3. The Balaban J connectivity index is 0.000000423. The van der Waals surface area contributed by atoms with Gasteiger partial charge < -0.3 is 20.3 Å². The van der Waals surface area contributed by atoms with Crippen LogP contribution in [0.5, 0.6) is 0 Å². The van der Waals surface area contributed by atoms with Gasteiger partial charge >= 0.3 is 12.1 Å². The molecule has 0 aliphatic carbocycles. The predicted molar refractivity (Wildman–Crippen MR) is 103 cm³/mol. The van der Waals surface area contributed by atoms with Crippen molar-refractivity contribution in [2.45, 2.75) is 19.1 Å². The van der Waals surface area contributed by atoms with Crippen LogP contribution in [0.2, 0.25) is 0 Å². The molecule has 2 heterocycles. The second kappa shape index (κ2) is 11.5. The quantitative estimate of drug-likeness (QED) is 0.397. The number of aliphatic carboxylic acids is 1. The molecule has 0 saturated heterocycles. The molecule has 0 unspecified atom stereocenters. The van der Waals surface area contributed by atoms with Crippen LogP contribution in [0.3, 0.4) is 0 Å². The Hall–Kier alpha value is -3.67. The molecule has 0 atom stereocenters. The van der Waals surface area contributed by atoms with Crippen LogP contribution in [-0.2, 0) is 11.3 Å². The molecule has 3 aromatic rings. The molecule has 0 bridgehead atoms. The second-order valence-corrected chi connectivity index (χ2v) is 6.15. The lowest BCUT2D eigenvalue weighted by Gasteiger charge is -2.04. The van der Waals surface area contributed by atoms with Gasteiger partial charge in [0.1, 0.15) is 12.0 Å². The molecular weight excluding hydrogens is 419 g/mol. The van der Waals surface area contributed by atoms with E-state index in [4.69, 9.17) is 14.4 Å². The number of aromatic nitrogens is 3. The van der Waals surface area contributed by atoms with Gasteiger partial charge in [0.25, 0.3) is 5.91 Å². The summed E-state index contributed by atoms with van der Waals surface area (Å²) in [7, 11) is 0. The Morgan fingerprint density at radius 1 is 1.16 bits per heavy atom. The van der Waals surface area contributed by atoms with E-state index in [-0.39, 0.29) is 5.91 Å². The maximum Gasteiger partial charge on any atom is 0.490 e. The van der Waals surface area contributed by atoms with Gasteiger partial charge in [-0.1, -0.05) is 35.5 Å². The summed E-state index contributed by atoms with van der Waals surface area (Å²) < 4.78 is 36.5. The molecule has 0 fully saturated rings. The van der Waals surface area contributed by atoms with Gasteiger partial charge in [0, 0.05) is 24.2 Å². The molecule has 166 valence electrons. The summed E-state index contributed by atoms with van der Waals surface area (Å²) in [5, 5.41) is 23.9. The minimum atomic E-state index is -5.08. The van der Waals surface area contributed by atoms with Crippen LogP contribution in [0.1, 0.15) is 22.5 Å². The van der Waals surface area contributed by atoms with Crippen molar-refractivity contribution in [3.05, 3.63) is 60.1 Å². The van der Waals surface area contributed by atoms with E-state index >= 15 is 0 Å². The Morgan fingerprint density at radius 2 is 1.87 bits per heavy atom. The number of benzene rings is 1. The molecule has 0 aliphatic rings. The van der Waals surface area contributed by atoms with Crippen molar-refractivity contribution >= 4 is 11.9 Å². The van der Waals surface area contributed by atoms with Crippen LogP contribution in [0.4, 0.5) is 13.2 Å². The zero-order valence-electron chi connectivity index (χ0n) is 16.1. The van der Waals surface area contributed by atoms with Crippen LogP contribution in [0.15, 0.2) is 53.4 Å². The van der Waals surface area contributed by atoms with Crippen molar-refractivity contribution in [3.63, 3.8) is 0 Å². The van der Waals surface area contributed by atoms with Crippen molar-refractivity contribution in [2.75, 3.05) is 13.1 Å². The highest BCUT2D eigenvalue weighted by Crippen LogP contribution is 2.16. The first-order chi connectivity index (χ1) is 14.8. The van der Waals surface area contributed by atoms with Gasteiger partial charge in [-0.15, -0.1) is 0 Å². The maximum atomic E-state index is 12.1. The SMILES string of the molecule is O=C(NCCCNCc1cnoc1)c1cc(-c2ccccc2)n[nH]1.O=C(O)C(F)(F)F. The van der Waals surface area contributed by atoms with Crippen LogP contribution >= 0.6 is 0 Å². The molecule has 3 rings (SSSR count). The summed E-state index contributed by atoms with van der Waals surface area (Å²) in [6.07, 6.45) is -0.967. The van der Waals surface area contributed by atoms with Gasteiger partial charge in [0.15, 0.2) is 0 Å². The highest BCUT2D eigenvalue weighted by atomic mass is 19.4. The fraction of sp³-hybridized carbons (Fsp3) is 0.263. The number of carbonyl (C=O) groups is 2. The van der Waals surface area contributed by atoms with Gasteiger partial charge in [-0.05, 0) is 19.0 Å². The fourth-order valence-electron chi connectivity index (χ4n) is 2.25. The number of carboxylic acids is 1. The summed E-state index contributed by atoms with van der Waals surface area (Å²) >= 11 is 0. The van der Waals surface area contributed by atoms with Gasteiger partial charge in [-0.2, -0.15) is 18.3 Å². The lowest BCUT2D eigenvalue weighted by atomic mass is 10.1. The van der Waals surface area contributed by atoms with Crippen LogP contribution in [-0.4, -0.2) is 51.6 Å². The van der Waals surface area contributed by atoms with Crippen molar-refractivity contribution in [1.82, 2.24) is 26.0 Å². The maximum absolute atomic E-state index is 12.1.